The van der Waals surface area contributed by atoms with Crippen LogP contribution in [0.25, 0.3) is 0 Å². The van der Waals surface area contributed by atoms with Crippen molar-refractivity contribution in [3.8, 4) is 0 Å². The Morgan fingerprint density at radius 1 is 1.32 bits per heavy atom. The van der Waals surface area contributed by atoms with Gasteiger partial charge in [0.15, 0.2) is 6.61 Å². The number of nitrogens with zero attached hydrogens (tertiary/aromatic N) is 1. The molecular weight excluding hydrogens is 320 g/mol. The van der Waals surface area contributed by atoms with E-state index in [1.54, 1.807) is 38.1 Å². The molecule has 3 rings (SSSR count). The molecule has 1 aromatic carbocycles. The molecule has 0 radical (unpaired) electrons. The fourth-order valence-electron chi connectivity index (χ4n) is 3.24. The van der Waals surface area contributed by atoms with Crippen molar-refractivity contribution in [3.05, 3.63) is 36.4 Å². The summed E-state index contributed by atoms with van der Waals surface area (Å²) in [6, 6.07) is 7.08. The van der Waals surface area contributed by atoms with Crippen molar-refractivity contribution >= 4 is 29.2 Å². The van der Waals surface area contributed by atoms with Crippen LogP contribution in [0.2, 0.25) is 0 Å². The fraction of sp³-hybridized carbons (Fsp3) is 0.421. The van der Waals surface area contributed by atoms with E-state index in [1.165, 1.54) is 4.90 Å². The Bertz CT molecular complexity index is 739. The number of ether oxygens (including phenoxy) is 1. The number of allylic oxidation sites excluding steroid dienone is 2. The average molecular weight is 342 g/mol. The molecule has 1 N–H and O–H groups in total. The second-order valence-electron chi connectivity index (χ2n) is 6.89. The van der Waals surface area contributed by atoms with Gasteiger partial charge in [0.2, 0.25) is 5.91 Å². The quantitative estimate of drug-likeness (QED) is 0.674. The lowest BCUT2D eigenvalue weighted by Gasteiger charge is -2.41. The number of fused-ring (bicyclic) bond motifs is 1. The van der Waals surface area contributed by atoms with Crippen molar-refractivity contribution in [2.24, 2.45) is 5.92 Å². The number of esters is 1. The van der Waals surface area contributed by atoms with Crippen LogP contribution in [0.3, 0.4) is 0 Å². The van der Waals surface area contributed by atoms with E-state index in [4.69, 9.17) is 4.74 Å². The number of benzene rings is 1. The molecular formula is C19H22N2O4. The molecule has 1 heterocycles. The van der Waals surface area contributed by atoms with Gasteiger partial charge >= 0.3 is 5.97 Å². The van der Waals surface area contributed by atoms with Gasteiger partial charge in [-0.15, -0.1) is 0 Å². The van der Waals surface area contributed by atoms with E-state index in [2.05, 4.69) is 11.4 Å². The van der Waals surface area contributed by atoms with Crippen LogP contribution in [0.4, 0.5) is 11.4 Å². The molecule has 6 nitrogen and oxygen atoms in total. The third-order valence-corrected chi connectivity index (χ3v) is 4.66. The van der Waals surface area contributed by atoms with E-state index in [0.717, 1.165) is 12.8 Å². The van der Waals surface area contributed by atoms with Gasteiger partial charge in [0.05, 0.1) is 17.8 Å². The van der Waals surface area contributed by atoms with Gasteiger partial charge in [-0.25, -0.2) is 0 Å². The van der Waals surface area contributed by atoms with E-state index < -0.39 is 17.4 Å². The Hall–Kier alpha value is -2.63. The smallest absolute Gasteiger partial charge is 0.306 e. The first-order valence-electron chi connectivity index (χ1n) is 8.45. The summed E-state index contributed by atoms with van der Waals surface area (Å²) >= 11 is 0. The van der Waals surface area contributed by atoms with Crippen LogP contribution in [0.5, 0.6) is 0 Å². The molecule has 0 unspecified atom stereocenters. The molecule has 0 aromatic heterocycles. The molecule has 0 bridgehead atoms. The molecule has 1 aromatic rings. The van der Waals surface area contributed by atoms with Gasteiger partial charge in [-0.1, -0.05) is 24.3 Å². The summed E-state index contributed by atoms with van der Waals surface area (Å²) < 4.78 is 5.17. The van der Waals surface area contributed by atoms with Crippen LogP contribution < -0.4 is 10.2 Å². The van der Waals surface area contributed by atoms with Gasteiger partial charge < -0.3 is 10.1 Å². The number of rotatable bonds is 4. The number of nitrogens with one attached hydrogen (secondary N) is 1. The standard InChI is InChI=1S/C19H22N2O4/c1-19(2)18(24)20-14-9-5-6-10-15(14)21(19)16(22)12-25-17(23)11-13-7-3-4-8-13/h3,5-7,9-10,13H,4,8,11-12H2,1-2H3,(H,20,24)/t13-/m0/s1. The molecule has 25 heavy (non-hydrogen) atoms. The molecule has 1 atom stereocenters. The third-order valence-electron chi connectivity index (χ3n) is 4.66. The zero-order valence-corrected chi connectivity index (χ0v) is 14.5. The zero-order valence-electron chi connectivity index (χ0n) is 14.5. The van der Waals surface area contributed by atoms with Gasteiger partial charge in [0.25, 0.3) is 5.91 Å². The molecule has 0 spiro atoms. The second-order valence-corrected chi connectivity index (χ2v) is 6.89. The van der Waals surface area contributed by atoms with E-state index in [1.807, 2.05) is 6.08 Å². The Morgan fingerprint density at radius 3 is 2.80 bits per heavy atom. The first-order chi connectivity index (χ1) is 11.9. The lowest BCUT2D eigenvalue weighted by molar-refractivity contribution is -0.148. The van der Waals surface area contributed by atoms with Crippen molar-refractivity contribution in [2.45, 2.75) is 38.6 Å². The highest BCUT2D eigenvalue weighted by Gasteiger charge is 2.43. The van der Waals surface area contributed by atoms with Crippen LogP contribution in [0.1, 0.15) is 33.1 Å². The fourth-order valence-corrected chi connectivity index (χ4v) is 3.24. The summed E-state index contributed by atoms with van der Waals surface area (Å²) in [5.74, 6) is -0.887. The highest BCUT2D eigenvalue weighted by Crippen LogP contribution is 2.36. The first kappa shape index (κ1) is 17.2. The highest BCUT2D eigenvalue weighted by molar-refractivity contribution is 6.14. The van der Waals surface area contributed by atoms with Crippen molar-refractivity contribution in [1.82, 2.24) is 0 Å². The van der Waals surface area contributed by atoms with Crippen molar-refractivity contribution in [2.75, 3.05) is 16.8 Å². The topological polar surface area (TPSA) is 75.7 Å². The van der Waals surface area contributed by atoms with Crippen LogP contribution in [-0.2, 0) is 19.1 Å². The maximum atomic E-state index is 12.7. The number of hydrogen-bond donors (Lipinski definition) is 1. The molecule has 2 amide bonds. The SMILES string of the molecule is CC1(C)C(=O)Nc2ccccc2N1C(=O)COC(=O)C[C@H]1C=CCC1. The minimum absolute atomic E-state index is 0.195. The molecule has 0 fully saturated rings. The number of para-hydroxylation sites is 2. The molecule has 1 aliphatic carbocycles. The Balaban J connectivity index is 1.70. The lowest BCUT2D eigenvalue weighted by Crippen LogP contribution is -2.59. The normalized spacial score (nSPS) is 20.8. The summed E-state index contributed by atoms with van der Waals surface area (Å²) in [7, 11) is 0. The molecule has 1 aliphatic heterocycles. The van der Waals surface area contributed by atoms with Crippen LogP contribution in [0, 0.1) is 5.92 Å². The van der Waals surface area contributed by atoms with Gasteiger partial charge in [0.1, 0.15) is 5.54 Å². The van der Waals surface area contributed by atoms with E-state index in [0.29, 0.717) is 11.4 Å². The molecule has 132 valence electrons. The van der Waals surface area contributed by atoms with E-state index >= 15 is 0 Å². The maximum Gasteiger partial charge on any atom is 0.306 e. The molecule has 0 saturated heterocycles. The molecule has 0 saturated carbocycles. The van der Waals surface area contributed by atoms with Crippen molar-refractivity contribution < 1.29 is 19.1 Å². The third kappa shape index (κ3) is 3.43. The summed E-state index contributed by atoms with van der Waals surface area (Å²) in [4.78, 5) is 38.4. The van der Waals surface area contributed by atoms with Gasteiger partial charge in [-0.05, 0) is 44.7 Å². The minimum Gasteiger partial charge on any atom is -0.456 e. The van der Waals surface area contributed by atoms with E-state index in [-0.39, 0.29) is 24.9 Å². The van der Waals surface area contributed by atoms with Crippen LogP contribution >= 0.6 is 0 Å². The van der Waals surface area contributed by atoms with Crippen molar-refractivity contribution in [3.63, 3.8) is 0 Å². The van der Waals surface area contributed by atoms with Crippen LogP contribution in [-0.4, -0.2) is 29.9 Å². The lowest BCUT2D eigenvalue weighted by atomic mass is 9.96. The van der Waals surface area contributed by atoms with Gasteiger partial charge in [-0.3, -0.25) is 19.3 Å². The number of amides is 2. The monoisotopic (exact) mass is 342 g/mol. The largest absolute Gasteiger partial charge is 0.456 e. The number of carbonyl (C=O) groups excluding carboxylic acids is 3. The predicted molar refractivity (Wildman–Crippen MR) is 94.1 cm³/mol. The number of hydrogen-bond acceptors (Lipinski definition) is 4. The summed E-state index contributed by atoms with van der Waals surface area (Å²) in [5, 5.41) is 2.80. The van der Waals surface area contributed by atoms with Gasteiger partial charge in [0, 0.05) is 0 Å². The number of anilines is 2. The van der Waals surface area contributed by atoms with Crippen molar-refractivity contribution in [1.29, 1.82) is 0 Å². The zero-order chi connectivity index (χ0) is 18.0. The minimum atomic E-state index is -1.06. The first-order valence-corrected chi connectivity index (χ1v) is 8.45. The maximum absolute atomic E-state index is 12.7. The highest BCUT2D eigenvalue weighted by atomic mass is 16.5. The van der Waals surface area contributed by atoms with E-state index in [9.17, 15) is 14.4 Å². The summed E-state index contributed by atoms with van der Waals surface area (Å²) in [6.07, 6.45) is 6.26. The Kier molecular flexibility index (Phi) is 4.61. The van der Waals surface area contributed by atoms with Gasteiger partial charge in [-0.2, -0.15) is 0 Å². The number of carbonyl (C=O) groups is 3. The Morgan fingerprint density at radius 2 is 2.08 bits per heavy atom. The molecule has 6 heteroatoms. The van der Waals surface area contributed by atoms with Crippen LogP contribution in [0.15, 0.2) is 36.4 Å². The summed E-state index contributed by atoms with van der Waals surface area (Å²) in [6.45, 7) is 2.96. The second kappa shape index (κ2) is 6.70. The average Bonchev–Trinajstić information content (AvgIpc) is 3.06. The molecule has 2 aliphatic rings. The summed E-state index contributed by atoms with van der Waals surface area (Å²) in [5.41, 5.74) is 0.112. The Labute approximate surface area is 146 Å². The predicted octanol–water partition coefficient (Wildman–Crippen LogP) is 2.65.